The number of rotatable bonds is 17. The maximum absolute atomic E-state index is 11.2. The van der Waals surface area contributed by atoms with Crippen LogP contribution < -0.4 is 0 Å². The SMILES string of the molecule is CCCCCCCC/C=C(/C/C(=C/C/C=C/CCC[C]=O)[N+](=O)[O-])[N+](=O)[O-]. The quantitative estimate of drug-likeness (QED) is 0.140. The average molecular weight is 379 g/mol. The molecule has 0 aromatic heterocycles. The van der Waals surface area contributed by atoms with E-state index in [1.807, 2.05) is 6.08 Å². The van der Waals surface area contributed by atoms with Gasteiger partial charge in [-0.1, -0.05) is 51.2 Å². The Balaban J connectivity index is 4.54. The fourth-order valence-corrected chi connectivity index (χ4v) is 2.51. The molecular weight excluding hydrogens is 348 g/mol. The first-order valence-corrected chi connectivity index (χ1v) is 9.69. The molecule has 0 bridgehead atoms. The van der Waals surface area contributed by atoms with Gasteiger partial charge in [-0.15, -0.1) is 0 Å². The van der Waals surface area contributed by atoms with E-state index in [1.54, 1.807) is 12.4 Å². The monoisotopic (exact) mass is 379 g/mol. The van der Waals surface area contributed by atoms with Crippen molar-refractivity contribution >= 4 is 6.29 Å². The second-order valence-corrected chi connectivity index (χ2v) is 6.38. The minimum atomic E-state index is -0.558. The summed E-state index contributed by atoms with van der Waals surface area (Å²) in [6.45, 7) is 2.15. The van der Waals surface area contributed by atoms with Crippen molar-refractivity contribution in [2.75, 3.05) is 0 Å². The molecule has 0 aliphatic carbocycles. The molecule has 0 fully saturated rings. The Kier molecular flexibility index (Phi) is 15.7. The third kappa shape index (κ3) is 14.5. The summed E-state index contributed by atoms with van der Waals surface area (Å²) in [5.41, 5.74) is -0.274. The van der Waals surface area contributed by atoms with Crippen LogP contribution in [0.1, 0.15) is 84.0 Å². The van der Waals surface area contributed by atoms with E-state index in [-0.39, 0.29) is 17.8 Å². The first-order chi connectivity index (χ1) is 13.0. The fourth-order valence-electron chi connectivity index (χ4n) is 2.51. The molecule has 0 unspecified atom stereocenters. The van der Waals surface area contributed by atoms with Crippen molar-refractivity contribution in [3.05, 3.63) is 55.9 Å². The lowest BCUT2D eigenvalue weighted by Gasteiger charge is -2.00. The van der Waals surface area contributed by atoms with Crippen LogP contribution in [0.4, 0.5) is 0 Å². The van der Waals surface area contributed by atoms with E-state index >= 15 is 0 Å². The van der Waals surface area contributed by atoms with E-state index in [0.29, 0.717) is 32.1 Å². The van der Waals surface area contributed by atoms with Crippen LogP contribution >= 0.6 is 0 Å². The van der Waals surface area contributed by atoms with Crippen LogP contribution in [0.25, 0.3) is 0 Å². The smallest absolute Gasteiger partial charge is 0.253 e. The predicted octanol–water partition coefficient (Wildman–Crippen LogP) is 5.67. The number of allylic oxidation sites excluding steroid dienone is 4. The van der Waals surface area contributed by atoms with Crippen LogP contribution in [0, 0.1) is 20.2 Å². The van der Waals surface area contributed by atoms with E-state index in [2.05, 4.69) is 6.92 Å². The van der Waals surface area contributed by atoms with Crippen LogP contribution in [0.5, 0.6) is 0 Å². The van der Waals surface area contributed by atoms with Gasteiger partial charge in [-0.2, -0.15) is 0 Å². The number of hydrogen-bond acceptors (Lipinski definition) is 5. The Hall–Kier alpha value is -2.31. The Labute approximate surface area is 161 Å². The van der Waals surface area contributed by atoms with E-state index in [4.69, 9.17) is 0 Å². The van der Waals surface area contributed by atoms with Crippen molar-refractivity contribution < 1.29 is 14.6 Å². The molecule has 0 amide bonds. The third-order valence-electron chi connectivity index (χ3n) is 4.07. The third-order valence-corrected chi connectivity index (χ3v) is 4.07. The molecule has 0 aromatic rings. The van der Waals surface area contributed by atoms with Gasteiger partial charge >= 0.3 is 0 Å². The summed E-state index contributed by atoms with van der Waals surface area (Å²) in [6.07, 6.45) is 17.3. The molecule has 151 valence electrons. The number of unbranched alkanes of at least 4 members (excludes halogenated alkanes) is 8. The van der Waals surface area contributed by atoms with E-state index in [1.165, 1.54) is 31.4 Å². The van der Waals surface area contributed by atoms with Crippen molar-refractivity contribution in [1.82, 2.24) is 0 Å². The first-order valence-electron chi connectivity index (χ1n) is 9.69. The maximum atomic E-state index is 11.2. The molecule has 0 saturated heterocycles. The molecule has 0 N–H and O–H groups in total. The van der Waals surface area contributed by atoms with Gasteiger partial charge in [0.25, 0.3) is 11.4 Å². The lowest BCUT2D eigenvalue weighted by atomic mass is 10.1. The Bertz CT molecular complexity index is 538. The van der Waals surface area contributed by atoms with E-state index in [0.717, 1.165) is 19.3 Å². The Morgan fingerprint density at radius 1 is 0.852 bits per heavy atom. The van der Waals surface area contributed by atoms with Gasteiger partial charge < -0.3 is 0 Å². The summed E-state index contributed by atoms with van der Waals surface area (Å²) < 4.78 is 0. The summed E-state index contributed by atoms with van der Waals surface area (Å²) in [5, 5.41) is 22.3. The second kappa shape index (κ2) is 17.1. The van der Waals surface area contributed by atoms with Gasteiger partial charge in [-0.3, -0.25) is 25.0 Å². The number of carbonyl (C=O) groups excluding carboxylic acids is 1. The van der Waals surface area contributed by atoms with Gasteiger partial charge in [-0.05, 0) is 44.3 Å². The van der Waals surface area contributed by atoms with Crippen molar-refractivity contribution in [2.24, 2.45) is 0 Å². The van der Waals surface area contributed by atoms with Crippen molar-refractivity contribution in [3.63, 3.8) is 0 Å². The molecule has 0 aliphatic heterocycles. The second-order valence-electron chi connectivity index (χ2n) is 6.38. The zero-order valence-electron chi connectivity index (χ0n) is 16.2. The van der Waals surface area contributed by atoms with Crippen LogP contribution in [0.2, 0.25) is 0 Å². The van der Waals surface area contributed by atoms with E-state index in [9.17, 15) is 25.0 Å². The Morgan fingerprint density at radius 3 is 2.11 bits per heavy atom. The highest BCUT2D eigenvalue weighted by molar-refractivity contribution is 5.50. The number of hydrogen-bond donors (Lipinski definition) is 0. The summed E-state index contributed by atoms with van der Waals surface area (Å²) in [5.74, 6) is 0. The fraction of sp³-hybridized carbons (Fsp3) is 0.650. The molecule has 0 spiro atoms. The van der Waals surface area contributed by atoms with Crippen LogP contribution in [-0.4, -0.2) is 16.1 Å². The van der Waals surface area contributed by atoms with Gasteiger partial charge in [0, 0.05) is 6.42 Å². The molecule has 0 rings (SSSR count). The molecule has 0 atom stereocenters. The zero-order chi connectivity index (χ0) is 20.3. The molecule has 0 aromatic carbocycles. The van der Waals surface area contributed by atoms with Crippen molar-refractivity contribution in [3.8, 4) is 0 Å². The van der Waals surface area contributed by atoms with Crippen LogP contribution in [-0.2, 0) is 4.79 Å². The highest BCUT2D eigenvalue weighted by atomic mass is 16.6. The summed E-state index contributed by atoms with van der Waals surface area (Å²) >= 11 is 0. The minimum Gasteiger partial charge on any atom is -0.291 e. The first kappa shape index (κ1) is 24.7. The Morgan fingerprint density at radius 2 is 1.48 bits per heavy atom. The van der Waals surface area contributed by atoms with Gasteiger partial charge in [0.1, 0.15) is 6.42 Å². The molecule has 27 heavy (non-hydrogen) atoms. The summed E-state index contributed by atoms with van der Waals surface area (Å²) in [7, 11) is 0. The summed E-state index contributed by atoms with van der Waals surface area (Å²) in [6, 6.07) is 0. The van der Waals surface area contributed by atoms with Crippen molar-refractivity contribution in [1.29, 1.82) is 0 Å². The molecule has 0 heterocycles. The van der Waals surface area contributed by atoms with Gasteiger partial charge in [-0.25, -0.2) is 0 Å². The van der Waals surface area contributed by atoms with E-state index < -0.39 is 9.85 Å². The lowest BCUT2D eigenvalue weighted by Crippen LogP contribution is -2.06. The normalized spacial score (nSPS) is 12.5. The highest BCUT2D eigenvalue weighted by Crippen LogP contribution is 2.16. The predicted molar refractivity (Wildman–Crippen MR) is 106 cm³/mol. The molecule has 7 nitrogen and oxygen atoms in total. The number of nitro groups is 2. The van der Waals surface area contributed by atoms with Gasteiger partial charge in [0.15, 0.2) is 6.29 Å². The van der Waals surface area contributed by atoms with Crippen molar-refractivity contribution in [2.45, 2.75) is 84.0 Å². The van der Waals surface area contributed by atoms with Crippen LogP contribution in [0.3, 0.4) is 0 Å². The maximum Gasteiger partial charge on any atom is 0.253 e. The van der Waals surface area contributed by atoms with Gasteiger partial charge in [0.2, 0.25) is 0 Å². The molecule has 1 radical (unpaired) electrons. The minimum absolute atomic E-state index is 0.114. The standard InChI is InChI=1S/C20H31N2O5/c1-2-3-4-5-6-9-12-15-19(21(24)25)18-20(22(26)27)16-13-10-7-8-11-14-17-23/h7,10,15-16H,2-6,8-9,11-14,18H2,1H3/b10-7+,19-15-,20-16-. The number of nitrogens with zero attached hydrogens (tertiary/aromatic N) is 2. The molecular formula is C20H31N2O5. The van der Waals surface area contributed by atoms with Gasteiger partial charge in [0.05, 0.1) is 9.85 Å². The van der Waals surface area contributed by atoms with Crippen LogP contribution in [0.15, 0.2) is 35.7 Å². The summed E-state index contributed by atoms with van der Waals surface area (Å²) in [4.78, 5) is 31.3. The average Bonchev–Trinajstić information content (AvgIpc) is 2.63. The topological polar surface area (TPSA) is 103 Å². The largest absolute Gasteiger partial charge is 0.291 e. The highest BCUT2D eigenvalue weighted by Gasteiger charge is 2.20. The lowest BCUT2D eigenvalue weighted by molar-refractivity contribution is -0.450. The molecule has 0 aliphatic rings. The molecule has 7 heteroatoms. The zero-order valence-corrected chi connectivity index (χ0v) is 16.2. The molecule has 0 saturated carbocycles.